The predicted octanol–water partition coefficient (Wildman–Crippen LogP) is 1.57. The van der Waals surface area contributed by atoms with E-state index in [0.717, 1.165) is 38.2 Å². The highest BCUT2D eigenvalue weighted by Crippen LogP contribution is 2.32. The summed E-state index contributed by atoms with van der Waals surface area (Å²) in [5, 5.41) is 10.2. The van der Waals surface area contributed by atoms with Crippen molar-refractivity contribution < 1.29 is 14.6 Å². The molecule has 2 aliphatic carbocycles. The molecule has 0 heterocycles. The van der Waals surface area contributed by atoms with E-state index in [-0.39, 0.29) is 12.3 Å². The number of hydrogen-bond donors (Lipinski definition) is 1. The van der Waals surface area contributed by atoms with E-state index in [4.69, 9.17) is 4.74 Å². The second-order valence-electron chi connectivity index (χ2n) is 5.94. The molecule has 1 N–H and O–H groups in total. The van der Waals surface area contributed by atoms with Crippen molar-refractivity contribution in [3.05, 3.63) is 0 Å². The minimum atomic E-state index is -0.736. The molecule has 2 fully saturated rings. The lowest BCUT2D eigenvalue weighted by atomic mass is 9.97. The molecular formula is C14H25NO3. The Hall–Kier alpha value is -0.610. The first-order chi connectivity index (χ1) is 8.59. The fraction of sp³-hybridized carbons (Fsp3) is 0.929. The van der Waals surface area contributed by atoms with E-state index in [0.29, 0.717) is 13.2 Å². The third kappa shape index (κ3) is 4.25. The fourth-order valence-corrected chi connectivity index (χ4v) is 2.49. The number of rotatable bonds is 7. The number of ether oxygens (including phenoxy) is 1. The molecular weight excluding hydrogens is 230 g/mol. The van der Waals surface area contributed by atoms with Crippen LogP contribution < -0.4 is 0 Å². The van der Waals surface area contributed by atoms with Crippen LogP contribution in [0, 0.1) is 5.92 Å². The Kier molecular flexibility index (Phi) is 4.62. The Morgan fingerprint density at radius 1 is 1.39 bits per heavy atom. The van der Waals surface area contributed by atoms with Crippen molar-refractivity contribution in [1.29, 1.82) is 0 Å². The lowest BCUT2D eigenvalue weighted by Crippen LogP contribution is -2.37. The van der Waals surface area contributed by atoms with Crippen LogP contribution >= 0.6 is 0 Å². The number of carbonyl (C=O) groups is 1. The molecule has 104 valence electrons. The number of carbonyl (C=O) groups excluding carboxylic acids is 1. The molecule has 4 nitrogen and oxygen atoms in total. The topological polar surface area (TPSA) is 49.8 Å². The molecule has 1 amide bonds. The average molecular weight is 255 g/mol. The van der Waals surface area contributed by atoms with Gasteiger partial charge in [0.15, 0.2) is 0 Å². The van der Waals surface area contributed by atoms with Gasteiger partial charge in [-0.05, 0) is 31.6 Å². The molecule has 0 saturated heterocycles. The highest BCUT2D eigenvalue weighted by atomic mass is 16.5. The van der Waals surface area contributed by atoms with E-state index in [2.05, 4.69) is 0 Å². The maximum absolute atomic E-state index is 12.0. The summed E-state index contributed by atoms with van der Waals surface area (Å²) in [6.45, 7) is 2.07. The Morgan fingerprint density at radius 2 is 2.06 bits per heavy atom. The summed E-state index contributed by atoms with van der Waals surface area (Å²) in [5.41, 5.74) is -0.736. The monoisotopic (exact) mass is 255 g/mol. The lowest BCUT2D eigenvalue weighted by Gasteiger charge is -2.25. The fourth-order valence-electron chi connectivity index (χ4n) is 2.49. The predicted molar refractivity (Wildman–Crippen MR) is 69.2 cm³/mol. The van der Waals surface area contributed by atoms with Gasteiger partial charge in [0.05, 0.1) is 18.6 Å². The van der Waals surface area contributed by atoms with Gasteiger partial charge in [0.25, 0.3) is 0 Å². The molecule has 0 aromatic carbocycles. The molecule has 4 heteroatoms. The van der Waals surface area contributed by atoms with Gasteiger partial charge >= 0.3 is 0 Å². The molecule has 0 aromatic rings. The van der Waals surface area contributed by atoms with Crippen LogP contribution in [0.1, 0.15) is 44.9 Å². The van der Waals surface area contributed by atoms with E-state index in [1.54, 1.807) is 11.9 Å². The van der Waals surface area contributed by atoms with Crippen molar-refractivity contribution >= 4 is 5.91 Å². The van der Waals surface area contributed by atoms with Crippen LogP contribution in [-0.4, -0.2) is 48.3 Å². The average Bonchev–Trinajstić information content (AvgIpc) is 3.06. The van der Waals surface area contributed by atoms with Gasteiger partial charge < -0.3 is 14.7 Å². The summed E-state index contributed by atoms with van der Waals surface area (Å²) < 4.78 is 5.52. The van der Waals surface area contributed by atoms with E-state index >= 15 is 0 Å². The highest BCUT2D eigenvalue weighted by molar-refractivity contribution is 5.77. The van der Waals surface area contributed by atoms with Crippen molar-refractivity contribution in [2.24, 2.45) is 5.92 Å². The first-order valence-electron chi connectivity index (χ1n) is 7.13. The van der Waals surface area contributed by atoms with Crippen LogP contribution in [0.5, 0.6) is 0 Å². The van der Waals surface area contributed by atoms with Crippen molar-refractivity contribution in [1.82, 2.24) is 4.90 Å². The van der Waals surface area contributed by atoms with E-state index < -0.39 is 5.60 Å². The van der Waals surface area contributed by atoms with Crippen LogP contribution in [0.3, 0.4) is 0 Å². The molecule has 2 saturated carbocycles. The van der Waals surface area contributed by atoms with Crippen molar-refractivity contribution in [2.75, 3.05) is 26.8 Å². The number of hydrogen-bond acceptors (Lipinski definition) is 3. The number of amides is 1. The Labute approximate surface area is 109 Å². The molecule has 0 bridgehead atoms. The first kappa shape index (κ1) is 13.8. The van der Waals surface area contributed by atoms with Gasteiger partial charge in [-0.1, -0.05) is 12.8 Å². The van der Waals surface area contributed by atoms with Gasteiger partial charge in [-0.25, -0.2) is 0 Å². The van der Waals surface area contributed by atoms with Gasteiger partial charge in [0.2, 0.25) is 5.91 Å². The third-order valence-corrected chi connectivity index (χ3v) is 4.06. The maximum atomic E-state index is 12.0. The SMILES string of the molecule is CN(CCOCC1CC1)C(=O)CC1(O)CCCC1. The summed E-state index contributed by atoms with van der Waals surface area (Å²) in [6.07, 6.45) is 6.47. The van der Waals surface area contributed by atoms with E-state index in [9.17, 15) is 9.90 Å². The summed E-state index contributed by atoms with van der Waals surface area (Å²) in [6, 6.07) is 0. The molecule has 0 unspecified atom stereocenters. The van der Waals surface area contributed by atoms with E-state index in [1.165, 1.54) is 12.8 Å². The van der Waals surface area contributed by atoms with Crippen molar-refractivity contribution in [3.63, 3.8) is 0 Å². The van der Waals surface area contributed by atoms with Crippen molar-refractivity contribution in [3.8, 4) is 0 Å². The normalized spacial score (nSPS) is 22.1. The number of aliphatic hydroxyl groups is 1. The van der Waals surface area contributed by atoms with Gasteiger partial charge in [0.1, 0.15) is 0 Å². The molecule has 0 radical (unpaired) electrons. The zero-order valence-corrected chi connectivity index (χ0v) is 11.4. The minimum Gasteiger partial charge on any atom is -0.389 e. The van der Waals surface area contributed by atoms with Crippen LogP contribution in [0.25, 0.3) is 0 Å². The smallest absolute Gasteiger partial charge is 0.225 e. The lowest BCUT2D eigenvalue weighted by molar-refractivity contribution is -0.135. The number of likely N-dealkylation sites (N-methyl/N-ethyl adjacent to an activating group) is 1. The minimum absolute atomic E-state index is 0.0365. The van der Waals surface area contributed by atoms with Crippen LogP contribution in [0.2, 0.25) is 0 Å². The maximum Gasteiger partial charge on any atom is 0.225 e. The van der Waals surface area contributed by atoms with Crippen LogP contribution in [0.15, 0.2) is 0 Å². The Morgan fingerprint density at radius 3 is 2.67 bits per heavy atom. The van der Waals surface area contributed by atoms with Crippen molar-refractivity contribution in [2.45, 2.75) is 50.5 Å². The number of nitrogens with zero attached hydrogens (tertiary/aromatic N) is 1. The third-order valence-electron chi connectivity index (χ3n) is 4.06. The Bertz CT molecular complexity index is 283. The molecule has 0 spiro atoms. The largest absolute Gasteiger partial charge is 0.389 e. The van der Waals surface area contributed by atoms with Gasteiger partial charge in [0, 0.05) is 20.2 Å². The summed E-state index contributed by atoms with van der Waals surface area (Å²) >= 11 is 0. The zero-order valence-electron chi connectivity index (χ0n) is 11.4. The summed E-state index contributed by atoms with van der Waals surface area (Å²) in [4.78, 5) is 13.6. The molecule has 0 atom stereocenters. The molecule has 18 heavy (non-hydrogen) atoms. The molecule has 0 aliphatic heterocycles. The summed E-state index contributed by atoms with van der Waals surface area (Å²) in [7, 11) is 1.79. The van der Waals surface area contributed by atoms with Gasteiger partial charge in [-0.3, -0.25) is 4.79 Å². The van der Waals surface area contributed by atoms with E-state index in [1.807, 2.05) is 0 Å². The van der Waals surface area contributed by atoms with Gasteiger partial charge in [-0.2, -0.15) is 0 Å². The van der Waals surface area contributed by atoms with Crippen LogP contribution in [-0.2, 0) is 9.53 Å². The quantitative estimate of drug-likeness (QED) is 0.702. The second kappa shape index (κ2) is 6.02. The molecule has 2 rings (SSSR count). The molecule has 0 aromatic heterocycles. The van der Waals surface area contributed by atoms with Crippen LogP contribution in [0.4, 0.5) is 0 Å². The zero-order chi connectivity index (χ0) is 13.0. The standard InChI is InChI=1S/C14H25NO3/c1-15(8-9-18-11-12-4-5-12)13(16)10-14(17)6-2-3-7-14/h12,17H,2-11H2,1H3. The second-order valence-corrected chi connectivity index (χ2v) is 5.94. The molecule has 2 aliphatic rings. The Balaban J connectivity index is 1.60. The van der Waals surface area contributed by atoms with Gasteiger partial charge in [-0.15, -0.1) is 0 Å². The summed E-state index contributed by atoms with van der Waals surface area (Å²) in [5.74, 6) is 0.805. The highest BCUT2D eigenvalue weighted by Gasteiger charge is 2.34. The first-order valence-corrected chi connectivity index (χ1v) is 7.13.